The Morgan fingerprint density at radius 3 is 2.58 bits per heavy atom. The van der Waals surface area contributed by atoms with Gasteiger partial charge < -0.3 is 4.90 Å². The number of piperazine rings is 1. The molecule has 4 rings (SSSR count). The van der Waals surface area contributed by atoms with Gasteiger partial charge in [0.15, 0.2) is 5.13 Å². The quantitative estimate of drug-likeness (QED) is 0.589. The molecule has 0 aliphatic carbocycles. The smallest absolute Gasteiger partial charge is 0.244 e. The Kier molecular flexibility index (Phi) is 6.10. The van der Waals surface area contributed by atoms with E-state index >= 15 is 0 Å². The van der Waals surface area contributed by atoms with Gasteiger partial charge in [-0.2, -0.15) is 9.57 Å². The molecule has 31 heavy (non-hydrogen) atoms. The molecule has 160 valence electrons. The van der Waals surface area contributed by atoms with Gasteiger partial charge in [0.1, 0.15) is 6.07 Å². The van der Waals surface area contributed by atoms with E-state index < -0.39 is 10.0 Å². The molecular weight excluding hydrogens is 428 g/mol. The van der Waals surface area contributed by atoms with Gasteiger partial charge in [0.2, 0.25) is 10.0 Å². The summed E-state index contributed by atoms with van der Waals surface area (Å²) < 4.78 is 27.5. The van der Waals surface area contributed by atoms with Crippen molar-refractivity contribution in [3.05, 3.63) is 75.8 Å². The minimum absolute atomic E-state index is 0.0796. The van der Waals surface area contributed by atoms with E-state index in [2.05, 4.69) is 42.3 Å². The maximum Gasteiger partial charge on any atom is 0.244 e. The van der Waals surface area contributed by atoms with Gasteiger partial charge in [0.25, 0.3) is 0 Å². The first-order valence-corrected chi connectivity index (χ1v) is 12.5. The van der Waals surface area contributed by atoms with Crippen molar-refractivity contribution in [3.63, 3.8) is 0 Å². The molecule has 2 aromatic carbocycles. The molecule has 0 atom stereocenters. The lowest BCUT2D eigenvalue weighted by Crippen LogP contribution is -2.48. The Labute approximate surface area is 187 Å². The zero-order valence-electron chi connectivity index (χ0n) is 17.6. The number of hydrogen-bond donors (Lipinski definition) is 0. The summed E-state index contributed by atoms with van der Waals surface area (Å²) in [6, 6.07) is 14.8. The third kappa shape index (κ3) is 4.49. The van der Waals surface area contributed by atoms with Crippen LogP contribution in [0.2, 0.25) is 0 Å². The molecule has 6 nitrogen and oxygen atoms in total. The second-order valence-corrected chi connectivity index (χ2v) is 10.5. The highest BCUT2D eigenvalue weighted by atomic mass is 32.2. The zero-order valence-corrected chi connectivity index (χ0v) is 19.2. The number of aryl methyl sites for hydroxylation is 2. The highest BCUT2D eigenvalue weighted by molar-refractivity contribution is 7.89. The standard InChI is InChI=1S/C23H24N4O2S2/c1-17-7-8-18(2)20(13-17)14-21-16-30-23(25-21)26-9-11-27(12-10-26)31(28,29)22-6-4-3-5-19(22)15-24/h3-8,13,16H,9-12,14H2,1-2H3. The molecule has 0 radical (unpaired) electrons. The molecule has 0 N–H and O–H groups in total. The van der Waals surface area contributed by atoms with E-state index in [9.17, 15) is 13.7 Å². The molecule has 3 aromatic rings. The highest BCUT2D eigenvalue weighted by Gasteiger charge is 2.31. The fraction of sp³-hybridized carbons (Fsp3) is 0.304. The summed E-state index contributed by atoms with van der Waals surface area (Å²) >= 11 is 1.60. The molecule has 1 fully saturated rings. The summed E-state index contributed by atoms with van der Waals surface area (Å²) in [4.78, 5) is 7.02. The molecule has 1 aliphatic heterocycles. The van der Waals surface area contributed by atoms with Crippen molar-refractivity contribution in [1.29, 1.82) is 5.26 Å². The molecule has 8 heteroatoms. The summed E-state index contributed by atoms with van der Waals surface area (Å²) in [5.74, 6) is 0. The van der Waals surface area contributed by atoms with Gasteiger partial charge in [0, 0.05) is 38.0 Å². The molecule has 2 heterocycles. The molecular formula is C23H24N4O2S2. The van der Waals surface area contributed by atoms with Crippen molar-refractivity contribution in [2.24, 2.45) is 0 Å². The van der Waals surface area contributed by atoms with Crippen LogP contribution in [0.5, 0.6) is 0 Å². The predicted octanol–water partition coefficient (Wildman–Crippen LogP) is 3.73. The molecule has 0 bridgehead atoms. The minimum Gasteiger partial charge on any atom is -0.345 e. The number of nitrogens with zero attached hydrogens (tertiary/aromatic N) is 4. The number of aromatic nitrogens is 1. The number of sulfonamides is 1. The number of anilines is 1. The Balaban J connectivity index is 1.44. The largest absolute Gasteiger partial charge is 0.345 e. The van der Waals surface area contributed by atoms with Crippen LogP contribution in [-0.4, -0.2) is 43.9 Å². The maximum absolute atomic E-state index is 13.0. The predicted molar refractivity (Wildman–Crippen MR) is 123 cm³/mol. The van der Waals surface area contributed by atoms with Crippen molar-refractivity contribution in [1.82, 2.24) is 9.29 Å². The van der Waals surface area contributed by atoms with Crippen LogP contribution in [0.1, 0.15) is 27.9 Å². The van der Waals surface area contributed by atoms with Crippen molar-refractivity contribution in [3.8, 4) is 6.07 Å². The van der Waals surface area contributed by atoms with Crippen LogP contribution in [0, 0.1) is 25.2 Å². The van der Waals surface area contributed by atoms with Crippen molar-refractivity contribution < 1.29 is 8.42 Å². The topological polar surface area (TPSA) is 77.3 Å². The van der Waals surface area contributed by atoms with E-state index in [0.29, 0.717) is 26.2 Å². The molecule has 1 aliphatic rings. The number of hydrogen-bond acceptors (Lipinski definition) is 6. The van der Waals surface area contributed by atoms with Crippen LogP contribution in [0.25, 0.3) is 0 Å². The average molecular weight is 453 g/mol. The average Bonchev–Trinajstić information content (AvgIpc) is 3.25. The van der Waals surface area contributed by atoms with Crippen LogP contribution in [0.15, 0.2) is 52.7 Å². The van der Waals surface area contributed by atoms with Gasteiger partial charge in [-0.1, -0.05) is 35.9 Å². The zero-order chi connectivity index (χ0) is 22.0. The van der Waals surface area contributed by atoms with E-state index in [-0.39, 0.29) is 10.5 Å². The van der Waals surface area contributed by atoms with Gasteiger partial charge in [-0.3, -0.25) is 0 Å². The number of rotatable bonds is 5. The van der Waals surface area contributed by atoms with Crippen molar-refractivity contribution in [2.45, 2.75) is 25.2 Å². The fourth-order valence-corrected chi connectivity index (χ4v) is 6.19. The second kappa shape index (κ2) is 8.79. The van der Waals surface area contributed by atoms with Crippen molar-refractivity contribution in [2.75, 3.05) is 31.1 Å². The number of benzene rings is 2. The van der Waals surface area contributed by atoms with Crippen LogP contribution in [0.4, 0.5) is 5.13 Å². The van der Waals surface area contributed by atoms with Crippen LogP contribution >= 0.6 is 11.3 Å². The van der Waals surface area contributed by atoms with Crippen LogP contribution < -0.4 is 4.90 Å². The normalized spacial score (nSPS) is 15.1. The molecule has 0 spiro atoms. The summed E-state index contributed by atoms with van der Waals surface area (Å²) in [5.41, 5.74) is 5.00. The van der Waals surface area contributed by atoms with Crippen LogP contribution in [-0.2, 0) is 16.4 Å². The summed E-state index contributed by atoms with van der Waals surface area (Å²) in [7, 11) is -3.69. The van der Waals surface area contributed by atoms with Gasteiger partial charge in [-0.15, -0.1) is 11.3 Å². The van der Waals surface area contributed by atoms with Gasteiger partial charge in [0.05, 0.1) is 16.2 Å². The molecule has 1 saturated heterocycles. The maximum atomic E-state index is 13.0. The first-order chi connectivity index (χ1) is 14.9. The third-order valence-corrected chi connectivity index (χ3v) is 8.46. The first kappa shape index (κ1) is 21.5. The Hall–Kier alpha value is -2.73. The molecule has 0 amide bonds. The van der Waals surface area contributed by atoms with Gasteiger partial charge in [-0.05, 0) is 37.1 Å². The van der Waals surface area contributed by atoms with E-state index in [1.165, 1.54) is 33.1 Å². The highest BCUT2D eigenvalue weighted by Crippen LogP contribution is 2.26. The van der Waals surface area contributed by atoms with Gasteiger partial charge in [-0.25, -0.2) is 13.4 Å². The Bertz CT molecular complexity index is 1240. The lowest BCUT2D eigenvalue weighted by molar-refractivity contribution is 0.384. The third-order valence-electron chi connectivity index (χ3n) is 5.55. The Morgan fingerprint density at radius 1 is 1.10 bits per heavy atom. The van der Waals surface area contributed by atoms with E-state index in [1.807, 2.05) is 6.07 Å². The van der Waals surface area contributed by atoms with E-state index in [0.717, 1.165) is 17.2 Å². The molecule has 1 aromatic heterocycles. The lowest BCUT2D eigenvalue weighted by atomic mass is 10.0. The second-order valence-electron chi connectivity index (χ2n) is 7.73. The first-order valence-electron chi connectivity index (χ1n) is 10.1. The SMILES string of the molecule is Cc1ccc(C)c(Cc2csc(N3CCN(S(=O)(=O)c4ccccc4C#N)CC3)n2)c1. The Morgan fingerprint density at radius 2 is 1.84 bits per heavy atom. The summed E-state index contributed by atoms with van der Waals surface area (Å²) in [5, 5.41) is 12.3. The lowest BCUT2D eigenvalue weighted by Gasteiger charge is -2.33. The van der Waals surface area contributed by atoms with E-state index in [4.69, 9.17) is 4.98 Å². The van der Waals surface area contributed by atoms with Crippen molar-refractivity contribution >= 4 is 26.5 Å². The van der Waals surface area contributed by atoms with Crippen LogP contribution in [0.3, 0.4) is 0 Å². The van der Waals surface area contributed by atoms with E-state index in [1.54, 1.807) is 23.5 Å². The van der Waals surface area contributed by atoms with Gasteiger partial charge >= 0.3 is 0 Å². The summed E-state index contributed by atoms with van der Waals surface area (Å²) in [6.07, 6.45) is 0.795. The fourth-order valence-electron chi connectivity index (χ4n) is 3.75. The summed E-state index contributed by atoms with van der Waals surface area (Å²) in [6.45, 7) is 6.10. The number of nitriles is 1. The molecule has 0 unspecified atom stereocenters. The number of thiazole rings is 1. The minimum atomic E-state index is -3.69. The monoisotopic (exact) mass is 452 g/mol. The molecule has 0 saturated carbocycles.